The molecule has 0 radical (unpaired) electrons. The number of rotatable bonds is 5. The zero-order valence-corrected chi connectivity index (χ0v) is 11.4. The molecule has 18 heavy (non-hydrogen) atoms. The molecule has 1 fully saturated rings. The first kappa shape index (κ1) is 15.0. The maximum Gasteiger partial charge on any atom is 0.225 e. The molecule has 2 amide bonds. The Morgan fingerprint density at radius 2 is 2.11 bits per heavy atom. The number of nitrogens with one attached hydrogen (secondary N) is 1. The highest BCUT2D eigenvalue weighted by molar-refractivity contribution is 5.80. The molecule has 0 aromatic rings. The highest BCUT2D eigenvalue weighted by Gasteiger charge is 2.28. The van der Waals surface area contributed by atoms with Gasteiger partial charge in [0.25, 0.3) is 0 Å². The topological polar surface area (TPSA) is 75.4 Å². The number of nitrogens with zero attached hydrogens (tertiary/aromatic N) is 1. The number of hydrogen-bond donors (Lipinski definition) is 2. The maximum absolute atomic E-state index is 12.2. The molecule has 3 N–H and O–H groups in total. The van der Waals surface area contributed by atoms with Crippen LogP contribution in [0.3, 0.4) is 0 Å². The Morgan fingerprint density at radius 1 is 1.39 bits per heavy atom. The number of nitrogens with two attached hydrogens (primary N) is 1. The van der Waals surface area contributed by atoms with Crippen molar-refractivity contribution in [3.05, 3.63) is 0 Å². The van der Waals surface area contributed by atoms with Gasteiger partial charge >= 0.3 is 0 Å². The molecule has 1 aliphatic carbocycles. The van der Waals surface area contributed by atoms with E-state index in [4.69, 9.17) is 5.73 Å². The summed E-state index contributed by atoms with van der Waals surface area (Å²) < 4.78 is 0. The van der Waals surface area contributed by atoms with Gasteiger partial charge in [-0.15, -0.1) is 0 Å². The SMILES string of the molecule is CNC(=O)CCN(C)C(=O)C1CCCC(CN)C1. The van der Waals surface area contributed by atoms with Crippen molar-refractivity contribution in [2.75, 3.05) is 27.2 Å². The Labute approximate surface area is 109 Å². The monoisotopic (exact) mass is 255 g/mol. The van der Waals surface area contributed by atoms with Crippen molar-refractivity contribution >= 4 is 11.8 Å². The van der Waals surface area contributed by atoms with Gasteiger partial charge in [-0.1, -0.05) is 6.42 Å². The first-order chi connectivity index (χ1) is 8.58. The minimum atomic E-state index is -0.0295. The zero-order chi connectivity index (χ0) is 13.5. The predicted octanol–water partition coefficient (Wildman–Crippen LogP) is 0.346. The number of carbonyl (C=O) groups excluding carboxylic acids is 2. The summed E-state index contributed by atoms with van der Waals surface area (Å²) in [4.78, 5) is 25.0. The first-order valence-corrected chi connectivity index (χ1v) is 6.74. The summed E-state index contributed by atoms with van der Waals surface area (Å²) in [5.74, 6) is 0.720. The van der Waals surface area contributed by atoms with Gasteiger partial charge in [0.2, 0.25) is 11.8 Å². The van der Waals surface area contributed by atoms with Crippen LogP contribution in [0.4, 0.5) is 0 Å². The normalized spacial score (nSPS) is 23.5. The highest BCUT2D eigenvalue weighted by atomic mass is 16.2. The number of carbonyl (C=O) groups is 2. The third-order valence-corrected chi connectivity index (χ3v) is 3.79. The molecular weight excluding hydrogens is 230 g/mol. The quantitative estimate of drug-likeness (QED) is 0.744. The van der Waals surface area contributed by atoms with Gasteiger partial charge in [0.15, 0.2) is 0 Å². The molecular formula is C13H25N3O2. The predicted molar refractivity (Wildman–Crippen MR) is 70.8 cm³/mol. The molecule has 5 nitrogen and oxygen atoms in total. The van der Waals surface area contributed by atoms with Gasteiger partial charge in [0, 0.05) is 33.0 Å². The van der Waals surface area contributed by atoms with E-state index in [1.165, 1.54) is 0 Å². The molecule has 0 aromatic heterocycles. The van der Waals surface area contributed by atoms with Gasteiger partial charge in [-0.2, -0.15) is 0 Å². The van der Waals surface area contributed by atoms with E-state index < -0.39 is 0 Å². The number of amides is 2. The van der Waals surface area contributed by atoms with Crippen molar-refractivity contribution in [1.29, 1.82) is 0 Å². The molecule has 104 valence electrons. The van der Waals surface area contributed by atoms with Gasteiger partial charge in [0.1, 0.15) is 0 Å². The Balaban J connectivity index is 2.40. The van der Waals surface area contributed by atoms with E-state index in [0.29, 0.717) is 25.4 Å². The molecule has 2 atom stereocenters. The van der Waals surface area contributed by atoms with Gasteiger partial charge in [-0.3, -0.25) is 9.59 Å². The van der Waals surface area contributed by atoms with Crippen LogP contribution in [0.15, 0.2) is 0 Å². The summed E-state index contributed by atoms with van der Waals surface area (Å²) >= 11 is 0. The third-order valence-electron chi connectivity index (χ3n) is 3.79. The second-order valence-electron chi connectivity index (χ2n) is 5.15. The Morgan fingerprint density at radius 3 is 2.72 bits per heavy atom. The van der Waals surface area contributed by atoms with Crippen LogP contribution in [-0.2, 0) is 9.59 Å². The van der Waals surface area contributed by atoms with Crippen LogP contribution >= 0.6 is 0 Å². The summed E-state index contributed by atoms with van der Waals surface area (Å²) in [5, 5.41) is 2.56. The average Bonchev–Trinajstić information content (AvgIpc) is 2.43. The molecule has 0 aliphatic heterocycles. The van der Waals surface area contributed by atoms with Crippen LogP contribution in [0.2, 0.25) is 0 Å². The van der Waals surface area contributed by atoms with E-state index >= 15 is 0 Å². The summed E-state index contributed by atoms with van der Waals surface area (Å²) in [5.41, 5.74) is 5.68. The van der Waals surface area contributed by atoms with Crippen molar-refractivity contribution in [2.45, 2.75) is 32.1 Å². The van der Waals surface area contributed by atoms with Gasteiger partial charge in [0.05, 0.1) is 0 Å². The van der Waals surface area contributed by atoms with E-state index in [1.54, 1.807) is 19.0 Å². The fourth-order valence-electron chi connectivity index (χ4n) is 2.55. The van der Waals surface area contributed by atoms with Crippen molar-refractivity contribution < 1.29 is 9.59 Å². The van der Waals surface area contributed by atoms with E-state index in [-0.39, 0.29) is 17.7 Å². The molecule has 0 saturated heterocycles. The lowest BCUT2D eigenvalue weighted by Crippen LogP contribution is -2.38. The fraction of sp³-hybridized carbons (Fsp3) is 0.846. The molecule has 0 aromatic carbocycles. The molecule has 1 aliphatic rings. The van der Waals surface area contributed by atoms with Crippen molar-refractivity contribution in [1.82, 2.24) is 10.2 Å². The summed E-state index contributed by atoms with van der Waals surface area (Å²) in [7, 11) is 3.38. The lowest BCUT2D eigenvalue weighted by atomic mass is 9.81. The Kier molecular flexibility index (Phi) is 6.12. The zero-order valence-electron chi connectivity index (χ0n) is 11.4. The highest BCUT2D eigenvalue weighted by Crippen LogP contribution is 2.29. The standard InChI is InChI=1S/C13H25N3O2/c1-15-12(17)6-7-16(2)13(18)11-5-3-4-10(8-11)9-14/h10-11H,3-9,14H2,1-2H3,(H,15,17). The van der Waals surface area contributed by atoms with Crippen LogP contribution in [0.25, 0.3) is 0 Å². The summed E-state index contributed by atoms with van der Waals surface area (Å²) in [6, 6.07) is 0. The summed E-state index contributed by atoms with van der Waals surface area (Å²) in [6.07, 6.45) is 4.45. The maximum atomic E-state index is 12.2. The molecule has 1 rings (SSSR count). The van der Waals surface area contributed by atoms with Crippen LogP contribution < -0.4 is 11.1 Å². The van der Waals surface area contributed by atoms with Crippen molar-refractivity contribution in [2.24, 2.45) is 17.6 Å². The van der Waals surface area contributed by atoms with Gasteiger partial charge < -0.3 is 16.0 Å². The second-order valence-corrected chi connectivity index (χ2v) is 5.15. The minimum Gasteiger partial charge on any atom is -0.359 e. The van der Waals surface area contributed by atoms with E-state index in [1.807, 2.05) is 0 Å². The fourth-order valence-corrected chi connectivity index (χ4v) is 2.55. The van der Waals surface area contributed by atoms with E-state index in [2.05, 4.69) is 5.32 Å². The first-order valence-electron chi connectivity index (χ1n) is 6.74. The Hall–Kier alpha value is -1.10. The lowest BCUT2D eigenvalue weighted by molar-refractivity contribution is -0.136. The van der Waals surface area contributed by atoms with Gasteiger partial charge in [-0.25, -0.2) is 0 Å². The van der Waals surface area contributed by atoms with E-state index in [9.17, 15) is 9.59 Å². The van der Waals surface area contributed by atoms with Crippen molar-refractivity contribution in [3.63, 3.8) is 0 Å². The summed E-state index contributed by atoms with van der Waals surface area (Å²) in [6.45, 7) is 1.16. The van der Waals surface area contributed by atoms with Crippen LogP contribution in [0.1, 0.15) is 32.1 Å². The average molecular weight is 255 g/mol. The lowest BCUT2D eigenvalue weighted by Gasteiger charge is -2.30. The second kappa shape index (κ2) is 7.36. The smallest absolute Gasteiger partial charge is 0.225 e. The molecule has 0 bridgehead atoms. The van der Waals surface area contributed by atoms with E-state index in [0.717, 1.165) is 25.7 Å². The van der Waals surface area contributed by atoms with Crippen LogP contribution in [-0.4, -0.2) is 43.9 Å². The third kappa shape index (κ3) is 4.29. The van der Waals surface area contributed by atoms with Gasteiger partial charge in [-0.05, 0) is 31.7 Å². The van der Waals surface area contributed by atoms with Crippen LogP contribution in [0.5, 0.6) is 0 Å². The van der Waals surface area contributed by atoms with Crippen molar-refractivity contribution in [3.8, 4) is 0 Å². The molecule has 0 spiro atoms. The molecule has 0 heterocycles. The molecule has 5 heteroatoms. The molecule has 1 saturated carbocycles. The number of hydrogen-bond acceptors (Lipinski definition) is 3. The molecule has 2 unspecified atom stereocenters. The van der Waals surface area contributed by atoms with Crippen LogP contribution in [0, 0.1) is 11.8 Å². The minimum absolute atomic E-state index is 0.0295. The largest absolute Gasteiger partial charge is 0.359 e. The Bertz CT molecular complexity index is 294.